The second-order valence-electron chi connectivity index (χ2n) is 8.15. The smallest absolute Gasteiger partial charge is 0.343 e. The number of benzene rings is 3. The number of carbonyl (C=O) groups is 3. The molecule has 8 heteroatoms. The molecule has 0 saturated heterocycles. The van der Waals surface area contributed by atoms with E-state index in [0.29, 0.717) is 28.4 Å². The van der Waals surface area contributed by atoms with Gasteiger partial charge in [0.1, 0.15) is 16.5 Å². The number of ether oxygens (including phenoxy) is 1. The second-order valence-corrected chi connectivity index (χ2v) is 8.91. The van der Waals surface area contributed by atoms with Crippen molar-refractivity contribution in [1.82, 2.24) is 4.90 Å². The van der Waals surface area contributed by atoms with E-state index in [4.69, 9.17) is 27.9 Å². The fourth-order valence-corrected chi connectivity index (χ4v) is 4.05. The highest BCUT2D eigenvalue weighted by atomic mass is 35.5. The third kappa shape index (κ3) is 5.39. The fraction of sp³-hybridized carbons (Fsp3) is 0.148. The molecule has 3 aromatic rings. The van der Waals surface area contributed by atoms with Crippen LogP contribution in [0.1, 0.15) is 27.0 Å². The first-order valence-corrected chi connectivity index (χ1v) is 11.7. The van der Waals surface area contributed by atoms with Gasteiger partial charge in [0.25, 0.3) is 11.8 Å². The standard InChI is InChI=1S/C27H22Cl2N2O4/c1-16-14-21(15-17(2)22(16)28)35-27(34)19-8-10-20(11-9-19)30-24-23(29)25(32)31(26(24)33)13-12-18-6-4-3-5-7-18/h3-11,14-15,30H,12-13H2,1-2H3. The zero-order valence-electron chi connectivity index (χ0n) is 19.1. The summed E-state index contributed by atoms with van der Waals surface area (Å²) >= 11 is 12.3. The largest absolute Gasteiger partial charge is 0.423 e. The minimum absolute atomic E-state index is 0.00664. The van der Waals surface area contributed by atoms with Crippen LogP contribution in [0.15, 0.2) is 77.5 Å². The lowest BCUT2D eigenvalue weighted by atomic mass is 10.1. The van der Waals surface area contributed by atoms with Gasteiger partial charge in [-0.25, -0.2) is 4.79 Å². The van der Waals surface area contributed by atoms with Gasteiger partial charge in [-0.3, -0.25) is 14.5 Å². The fourth-order valence-electron chi connectivity index (χ4n) is 3.71. The molecular weight excluding hydrogens is 487 g/mol. The normalized spacial score (nSPS) is 13.4. The molecule has 6 nitrogen and oxygen atoms in total. The molecule has 1 N–H and O–H groups in total. The van der Waals surface area contributed by atoms with E-state index in [2.05, 4.69) is 5.32 Å². The van der Waals surface area contributed by atoms with Crippen molar-refractivity contribution in [1.29, 1.82) is 0 Å². The third-order valence-corrected chi connectivity index (χ3v) is 6.54. The summed E-state index contributed by atoms with van der Waals surface area (Å²) in [6, 6.07) is 19.3. The van der Waals surface area contributed by atoms with Crippen LogP contribution >= 0.6 is 23.2 Å². The molecule has 1 heterocycles. The molecule has 0 spiro atoms. The van der Waals surface area contributed by atoms with Crippen molar-refractivity contribution in [2.24, 2.45) is 0 Å². The van der Waals surface area contributed by atoms with Crippen LogP contribution < -0.4 is 10.1 Å². The maximum Gasteiger partial charge on any atom is 0.343 e. The van der Waals surface area contributed by atoms with Gasteiger partial charge in [-0.05, 0) is 73.4 Å². The number of imide groups is 1. The maximum atomic E-state index is 12.8. The van der Waals surface area contributed by atoms with E-state index in [1.807, 2.05) is 44.2 Å². The second kappa shape index (κ2) is 10.3. The van der Waals surface area contributed by atoms with Crippen molar-refractivity contribution < 1.29 is 19.1 Å². The van der Waals surface area contributed by atoms with Crippen LogP contribution in [0.2, 0.25) is 5.02 Å². The van der Waals surface area contributed by atoms with Gasteiger partial charge in [0.05, 0.1) is 5.56 Å². The van der Waals surface area contributed by atoms with Crippen molar-refractivity contribution in [2.45, 2.75) is 20.3 Å². The minimum Gasteiger partial charge on any atom is -0.423 e. The number of esters is 1. The molecule has 0 aliphatic carbocycles. The van der Waals surface area contributed by atoms with Crippen molar-refractivity contribution in [2.75, 3.05) is 11.9 Å². The van der Waals surface area contributed by atoms with Crippen molar-refractivity contribution >= 4 is 46.7 Å². The third-order valence-electron chi connectivity index (χ3n) is 5.59. The van der Waals surface area contributed by atoms with E-state index >= 15 is 0 Å². The monoisotopic (exact) mass is 508 g/mol. The maximum absolute atomic E-state index is 12.8. The lowest BCUT2D eigenvalue weighted by molar-refractivity contribution is -0.137. The average Bonchev–Trinajstić information content (AvgIpc) is 3.05. The summed E-state index contributed by atoms with van der Waals surface area (Å²) in [7, 11) is 0. The van der Waals surface area contributed by atoms with Crippen molar-refractivity contribution in [3.8, 4) is 5.75 Å². The summed E-state index contributed by atoms with van der Waals surface area (Å²) in [5, 5.41) is 3.37. The van der Waals surface area contributed by atoms with E-state index < -0.39 is 17.8 Å². The Morgan fingerprint density at radius 1 is 0.914 bits per heavy atom. The van der Waals surface area contributed by atoms with Crippen LogP contribution in [0.3, 0.4) is 0 Å². The summed E-state index contributed by atoms with van der Waals surface area (Å²) in [4.78, 5) is 39.0. The predicted molar refractivity (Wildman–Crippen MR) is 136 cm³/mol. The summed E-state index contributed by atoms with van der Waals surface area (Å²) in [5.74, 6) is -1.16. The molecule has 3 aromatic carbocycles. The molecule has 0 saturated carbocycles. The van der Waals surface area contributed by atoms with Crippen LogP contribution in [-0.2, 0) is 16.0 Å². The van der Waals surface area contributed by atoms with Gasteiger partial charge in [0.15, 0.2) is 0 Å². The zero-order valence-corrected chi connectivity index (χ0v) is 20.6. The van der Waals surface area contributed by atoms with Gasteiger partial charge in [0, 0.05) is 17.3 Å². The Kier molecular flexibility index (Phi) is 7.24. The molecule has 0 fully saturated rings. The summed E-state index contributed by atoms with van der Waals surface area (Å²) in [5.41, 5.74) is 3.46. The minimum atomic E-state index is -0.538. The predicted octanol–water partition coefficient (Wildman–Crippen LogP) is 5.65. The van der Waals surface area contributed by atoms with Crippen molar-refractivity contribution in [3.05, 3.63) is 105 Å². The zero-order chi connectivity index (χ0) is 25.1. The first kappa shape index (κ1) is 24.5. The number of hydrogen-bond acceptors (Lipinski definition) is 5. The quantitative estimate of drug-likeness (QED) is 0.253. The molecule has 0 radical (unpaired) electrons. The van der Waals surface area contributed by atoms with Crippen LogP contribution in [0.4, 0.5) is 5.69 Å². The topological polar surface area (TPSA) is 75.7 Å². The Balaban J connectivity index is 1.41. The Hall–Kier alpha value is -3.61. The van der Waals surface area contributed by atoms with Gasteiger partial charge in [-0.1, -0.05) is 53.5 Å². The van der Waals surface area contributed by atoms with Crippen LogP contribution in [0.5, 0.6) is 5.75 Å². The molecule has 1 aliphatic rings. The van der Waals surface area contributed by atoms with E-state index in [0.717, 1.165) is 21.6 Å². The number of rotatable bonds is 7. The first-order chi connectivity index (χ1) is 16.7. The van der Waals surface area contributed by atoms with Crippen LogP contribution in [0.25, 0.3) is 0 Å². The average molecular weight is 509 g/mol. The number of nitrogens with one attached hydrogen (secondary N) is 1. The molecule has 0 bridgehead atoms. The van der Waals surface area contributed by atoms with E-state index in [9.17, 15) is 14.4 Å². The Morgan fingerprint density at radius 3 is 2.17 bits per heavy atom. The number of aryl methyl sites for hydroxylation is 2. The number of halogens is 2. The molecule has 1 aliphatic heterocycles. The number of amides is 2. The molecule has 178 valence electrons. The Morgan fingerprint density at radius 2 is 1.54 bits per heavy atom. The van der Waals surface area contributed by atoms with E-state index in [1.54, 1.807) is 36.4 Å². The molecule has 0 aromatic heterocycles. The lowest BCUT2D eigenvalue weighted by Crippen LogP contribution is -2.34. The van der Waals surface area contributed by atoms with Crippen LogP contribution in [0, 0.1) is 13.8 Å². The molecule has 0 atom stereocenters. The molecular formula is C27H22Cl2N2O4. The summed E-state index contributed by atoms with van der Waals surface area (Å²) < 4.78 is 5.46. The number of nitrogens with zero attached hydrogens (tertiary/aromatic N) is 1. The molecule has 2 amide bonds. The molecule has 4 rings (SSSR count). The Bertz CT molecular complexity index is 1310. The summed E-state index contributed by atoms with van der Waals surface area (Å²) in [6.07, 6.45) is 0.527. The summed E-state index contributed by atoms with van der Waals surface area (Å²) in [6.45, 7) is 3.90. The highest BCUT2D eigenvalue weighted by molar-refractivity contribution is 6.48. The van der Waals surface area contributed by atoms with Crippen LogP contribution in [-0.4, -0.2) is 29.2 Å². The number of carbonyl (C=O) groups excluding carboxylic acids is 3. The van der Waals surface area contributed by atoms with E-state index in [1.165, 1.54) is 0 Å². The van der Waals surface area contributed by atoms with Gasteiger partial charge >= 0.3 is 5.97 Å². The first-order valence-electron chi connectivity index (χ1n) is 10.9. The molecule has 35 heavy (non-hydrogen) atoms. The SMILES string of the molecule is Cc1cc(OC(=O)c2ccc(NC3=C(Cl)C(=O)N(CCc4ccccc4)C3=O)cc2)cc(C)c1Cl. The van der Waals surface area contributed by atoms with Gasteiger partial charge in [-0.2, -0.15) is 0 Å². The van der Waals surface area contributed by atoms with Gasteiger partial charge < -0.3 is 10.1 Å². The van der Waals surface area contributed by atoms with Gasteiger partial charge in [0.2, 0.25) is 0 Å². The highest BCUT2D eigenvalue weighted by Gasteiger charge is 2.37. The molecule has 0 unspecified atom stereocenters. The highest BCUT2D eigenvalue weighted by Crippen LogP contribution is 2.28. The lowest BCUT2D eigenvalue weighted by Gasteiger charge is -2.15. The number of anilines is 1. The van der Waals surface area contributed by atoms with Crippen molar-refractivity contribution in [3.63, 3.8) is 0 Å². The number of hydrogen-bond donors (Lipinski definition) is 1. The van der Waals surface area contributed by atoms with Gasteiger partial charge in [-0.15, -0.1) is 0 Å². The Labute approximate surface area is 213 Å². The van der Waals surface area contributed by atoms with E-state index in [-0.39, 0.29) is 17.3 Å².